The zero-order valence-electron chi connectivity index (χ0n) is 17.3. The second-order valence-corrected chi connectivity index (χ2v) is 7.25. The van der Waals surface area contributed by atoms with Gasteiger partial charge in [0.25, 0.3) is 5.91 Å². The van der Waals surface area contributed by atoms with Crippen LogP contribution in [0.15, 0.2) is 30.3 Å². The standard InChI is InChI=1S/C21H23N5O4/c1-12-9-14(22-19(27)7-8-20(28)29)5-6-15(12)16-11-18-23-17(21(30)25(3)4)10-13(2)26(18)24-16/h5-6,9-11H,7-8H2,1-4H3,(H,22,27)(H,28,29). The van der Waals surface area contributed by atoms with Crippen LogP contribution in [0.25, 0.3) is 16.9 Å². The second-order valence-electron chi connectivity index (χ2n) is 7.25. The van der Waals surface area contributed by atoms with Gasteiger partial charge in [-0.1, -0.05) is 6.07 Å². The Morgan fingerprint density at radius 2 is 1.83 bits per heavy atom. The highest BCUT2D eigenvalue weighted by atomic mass is 16.4. The highest BCUT2D eigenvalue weighted by Gasteiger charge is 2.16. The molecule has 0 bridgehead atoms. The minimum atomic E-state index is -1.01. The number of fused-ring (bicyclic) bond motifs is 1. The van der Waals surface area contributed by atoms with E-state index in [4.69, 9.17) is 5.11 Å². The first-order chi connectivity index (χ1) is 14.2. The first kappa shape index (κ1) is 21.0. The van der Waals surface area contributed by atoms with Crippen molar-refractivity contribution in [3.8, 4) is 11.3 Å². The lowest BCUT2D eigenvalue weighted by atomic mass is 10.0. The highest BCUT2D eigenvalue weighted by molar-refractivity contribution is 5.93. The SMILES string of the molecule is Cc1cc(NC(=O)CCC(=O)O)ccc1-c1cc2nc(C(=O)N(C)C)cc(C)n2n1. The number of aliphatic carboxylic acids is 1. The van der Waals surface area contributed by atoms with E-state index in [1.165, 1.54) is 4.90 Å². The highest BCUT2D eigenvalue weighted by Crippen LogP contribution is 2.26. The smallest absolute Gasteiger partial charge is 0.303 e. The number of aromatic nitrogens is 3. The van der Waals surface area contributed by atoms with Gasteiger partial charge in [-0.3, -0.25) is 14.4 Å². The molecule has 0 spiro atoms. The van der Waals surface area contributed by atoms with Crippen molar-refractivity contribution < 1.29 is 19.5 Å². The lowest BCUT2D eigenvalue weighted by Crippen LogP contribution is -2.23. The zero-order chi connectivity index (χ0) is 22.0. The Labute approximate surface area is 173 Å². The fraction of sp³-hybridized carbons (Fsp3) is 0.286. The van der Waals surface area contributed by atoms with Gasteiger partial charge in [-0.15, -0.1) is 0 Å². The van der Waals surface area contributed by atoms with Crippen molar-refractivity contribution in [2.45, 2.75) is 26.7 Å². The third kappa shape index (κ3) is 4.45. The first-order valence-electron chi connectivity index (χ1n) is 9.37. The Kier molecular flexibility index (Phi) is 5.81. The van der Waals surface area contributed by atoms with Crippen molar-refractivity contribution in [2.24, 2.45) is 0 Å². The number of hydrogen-bond acceptors (Lipinski definition) is 5. The predicted molar refractivity (Wildman–Crippen MR) is 111 cm³/mol. The fourth-order valence-corrected chi connectivity index (χ4v) is 3.07. The molecule has 0 saturated heterocycles. The third-order valence-corrected chi connectivity index (χ3v) is 4.58. The summed E-state index contributed by atoms with van der Waals surface area (Å²) >= 11 is 0. The molecule has 2 amide bonds. The summed E-state index contributed by atoms with van der Waals surface area (Å²) < 4.78 is 1.68. The van der Waals surface area contributed by atoms with Crippen molar-refractivity contribution >= 4 is 29.1 Å². The van der Waals surface area contributed by atoms with Crippen molar-refractivity contribution in [3.05, 3.63) is 47.3 Å². The summed E-state index contributed by atoms with van der Waals surface area (Å²) in [6.45, 7) is 3.76. The van der Waals surface area contributed by atoms with E-state index in [9.17, 15) is 14.4 Å². The van der Waals surface area contributed by atoms with Crippen LogP contribution in [0.5, 0.6) is 0 Å². The molecule has 0 aliphatic carbocycles. The quantitative estimate of drug-likeness (QED) is 0.646. The van der Waals surface area contributed by atoms with E-state index in [1.54, 1.807) is 36.8 Å². The number of anilines is 1. The zero-order valence-corrected chi connectivity index (χ0v) is 17.3. The maximum atomic E-state index is 12.2. The molecule has 0 unspecified atom stereocenters. The molecule has 3 aromatic rings. The molecule has 3 rings (SSSR count). The molecule has 9 nitrogen and oxygen atoms in total. The number of rotatable bonds is 6. The van der Waals surface area contributed by atoms with Crippen LogP contribution in [0.3, 0.4) is 0 Å². The molecule has 9 heteroatoms. The normalized spacial score (nSPS) is 10.8. The topological polar surface area (TPSA) is 117 Å². The van der Waals surface area contributed by atoms with Crippen LogP contribution in [-0.4, -0.2) is 56.5 Å². The molecule has 2 aromatic heterocycles. The van der Waals surface area contributed by atoms with Crippen molar-refractivity contribution in [2.75, 3.05) is 19.4 Å². The van der Waals surface area contributed by atoms with Crippen molar-refractivity contribution in [1.82, 2.24) is 19.5 Å². The van der Waals surface area contributed by atoms with Gasteiger partial charge >= 0.3 is 5.97 Å². The maximum absolute atomic E-state index is 12.2. The van der Waals surface area contributed by atoms with Gasteiger partial charge in [0.05, 0.1) is 12.1 Å². The van der Waals surface area contributed by atoms with Gasteiger partial charge in [0.15, 0.2) is 5.65 Å². The number of benzene rings is 1. The van der Waals surface area contributed by atoms with Crippen molar-refractivity contribution in [3.63, 3.8) is 0 Å². The molecule has 2 N–H and O–H groups in total. The number of aryl methyl sites for hydroxylation is 2. The maximum Gasteiger partial charge on any atom is 0.303 e. The van der Waals surface area contributed by atoms with E-state index >= 15 is 0 Å². The van der Waals surface area contributed by atoms with E-state index in [0.717, 1.165) is 16.8 Å². The van der Waals surface area contributed by atoms with Gasteiger partial charge in [0.2, 0.25) is 5.91 Å². The third-order valence-electron chi connectivity index (χ3n) is 4.58. The molecule has 30 heavy (non-hydrogen) atoms. The molecule has 2 heterocycles. The number of nitrogens with zero attached hydrogens (tertiary/aromatic N) is 4. The average molecular weight is 409 g/mol. The molecular formula is C21H23N5O4. The molecule has 1 aromatic carbocycles. The summed E-state index contributed by atoms with van der Waals surface area (Å²) in [6, 6.07) is 8.90. The molecule has 0 aliphatic heterocycles. The van der Waals surface area contributed by atoms with E-state index in [1.807, 2.05) is 26.0 Å². The lowest BCUT2D eigenvalue weighted by molar-refractivity contribution is -0.138. The van der Waals surface area contributed by atoms with Crippen molar-refractivity contribution in [1.29, 1.82) is 0 Å². The Bertz CT molecular complexity index is 1150. The average Bonchev–Trinajstić information content (AvgIpc) is 3.10. The predicted octanol–water partition coefficient (Wildman–Crippen LogP) is 2.52. The molecule has 0 atom stereocenters. The minimum Gasteiger partial charge on any atom is -0.481 e. The van der Waals surface area contributed by atoms with Gasteiger partial charge in [-0.25, -0.2) is 9.50 Å². The summed E-state index contributed by atoms with van der Waals surface area (Å²) in [4.78, 5) is 40.6. The summed E-state index contributed by atoms with van der Waals surface area (Å²) in [5.74, 6) is -1.54. The van der Waals surface area contributed by atoms with Gasteiger partial charge in [0.1, 0.15) is 5.69 Å². The summed E-state index contributed by atoms with van der Waals surface area (Å²) in [5, 5.41) is 16.0. The van der Waals surface area contributed by atoms with Gasteiger partial charge in [-0.2, -0.15) is 5.10 Å². The van der Waals surface area contributed by atoms with Crippen LogP contribution in [0.4, 0.5) is 5.69 Å². The first-order valence-corrected chi connectivity index (χ1v) is 9.37. The number of nitrogens with one attached hydrogen (secondary N) is 1. The Balaban J connectivity index is 1.88. The molecule has 156 valence electrons. The van der Waals surface area contributed by atoms with E-state index in [0.29, 0.717) is 22.7 Å². The van der Waals surface area contributed by atoms with E-state index in [-0.39, 0.29) is 24.7 Å². The van der Waals surface area contributed by atoms with Gasteiger partial charge in [-0.05, 0) is 37.6 Å². The number of amides is 2. The molecule has 0 saturated carbocycles. The minimum absolute atomic E-state index is 0.0818. The number of carboxylic acid groups (broad SMARTS) is 1. The van der Waals surface area contributed by atoms with Crippen LogP contribution in [0.2, 0.25) is 0 Å². The van der Waals surface area contributed by atoms with E-state index < -0.39 is 5.97 Å². The second kappa shape index (κ2) is 8.32. The summed E-state index contributed by atoms with van der Waals surface area (Å²) in [6.07, 6.45) is -0.295. The number of carbonyl (C=O) groups excluding carboxylic acids is 2. The molecular weight excluding hydrogens is 386 g/mol. The van der Waals surface area contributed by atoms with E-state index in [2.05, 4.69) is 15.4 Å². The summed E-state index contributed by atoms with van der Waals surface area (Å²) in [7, 11) is 3.35. The van der Waals surface area contributed by atoms with Crippen LogP contribution >= 0.6 is 0 Å². The Hall–Kier alpha value is -3.75. The monoisotopic (exact) mass is 409 g/mol. The number of carbonyl (C=O) groups is 3. The Morgan fingerprint density at radius 3 is 2.47 bits per heavy atom. The van der Waals surface area contributed by atoms with Gasteiger partial charge in [0, 0.05) is 43.5 Å². The number of hydrogen-bond donors (Lipinski definition) is 2. The van der Waals surface area contributed by atoms with Crippen LogP contribution in [-0.2, 0) is 9.59 Å². The lowest BCUT2D eigenvalue weighted by Gasteiger charge is -2.10. The summed E-state index contributed by atoms with van der Waals surface area (Å²) in [5.41, 5.74) is 4.75. The molecule has 0 aliphatic rings. The largest absolute Gasteiger partial charge is 0.481 e. The Morgan fingerprint density at radius 1 is 1.10 bits per heavy atom. The van der Waals surface area contributed by atoms with Crippen LogP contribution in [0.1, 0.15) is 34.6 Å². The van der Waals surface area contributed by atoms with Crippen LogP contribution in [0, 0.1) is 13.8 Å². The van der Waals surface area contributed by atoms with Gasteiger partial charge < -0.3 is 15.3 Å². The molecule has 0 radical (unpaired) electrons. The molecule has 0 fully saturated rings. The fourth-order valence-electron chi connectivity index (χ4n) is 3.07. The van der Waals surface area contributed by atoms with Crippen LogP contribution < -0.4 is 5.32 Å². The number of carboxylic acids is 1.